The number of carbonyl (C=O) groups excluding carboxylic acids is 2. The lowest BCUT2D eigenvalue weighted by molar-refractivity contribution is -0.143. The first-order valence-corrected chi connectivity index (χ1v) is 13.7. The number of ether oxygens (including phenoxy) is 2. The van der Waals surface area contributed by atoms with Gasteiger partial charge in [-0.15, -0.1) is 0 Å². The number of benzene rings is 3. The Kier molecular flexibility index (Phi) is 9.11. The number of hydrogen-bond donors (Lipinski definition) is 1. The summed E-state index contributed by atoms with van der Waals surface area (Å²) < 4.78 is 38.1. The second-order valence-corrected chi connectivity index (χ2v) is 10.6. The molecule has 0 aromatic heterocycles. The van der Waals surface area contributed by atoms with E-state index in [0.717, 1.165) is 5.56 Å². The van der Waals surface area contributed by atoms with Crippen LogP contribution in [0.3, 0.4) is 0 Å². The van der Waals surface area contributed by atoms with Gasteiger partial charge in [0.25, 0.3) is 5.91 Å². The Labute approximate surface area is 223 Å². The molecule has 1 fully saturated rings. The first-order chi connectivity index (χ1) is 18.4. The number of hydrogen-bond acceptors (Lipinski definition) is 6. The zero-order valence-electron chi connectivity index (χ0n) is 21.2. The van der Waals surface area contributed by atoms with Crippen molar-refractivity contribution in [1.29, 1.82) is 0 Å². The molecule has 1 atom stereocenters. The molecule has 1 N–H and O–H groups in total. The fraction of sp³-hybridized carbons (Fsp3) is 0.286. The summed E-state index contributed by atoms with van der Waals surface area (Å²) in [4.78, 5) is 28.1. The van der Waals surface area contributed by atoms with E-state index in [9.17, 15) is 18.0 Å². The van der Waals surface area contributed by atoms with Crippen LogP contribution in [0.5, 0.6) is 5.75 Å². The van der Waals surface area contributed by atoms with Crippen molar-refractivity contribution in [3.8, 4) is 5.75 Å². The van der Waals surface area contributed by atoms with E-state index in [2.05, 4.69) is 5.32 Å². The van der Waals surface area contributed by atoms with Crippen molar-refractivity contribution in [3.63, 3.8) is 0 Å². The van der Waals surface area contributed by atoms with Gasteiger partial charge in [0.1, 0.15) is 11.8 Å². The Balaban J connectivity index is 1.52. The van der Waals surface area contributed by atoms with E-state index in [1.807, 2.05) is 48.5 Å². The van der Waals surface area contributed by atoms with Crippen LogP contribution in [0, 0.1) is 0 Å². The first-order valence-electron chi connectivity index (χ1n) is 12.3. The van der Waals surface area contributed by atoms with Gasteiger partial charge in [-0.3, -0.25) is 9.59 Å². The Hall–Kier alpha value is -3.73. The summed E-state index contributed by atoms with van der Waals surface area (Å²) >= 11 is 0. The largest absolute Gasteiger partial charge is 0.484 e. The van der Waals surface area contributed by atoms with Crippen LogP contribution in [0.4, 0.5) is 0 Å². The minimum Gasteiger partial charge on any atom is -0.484 e. The Morgan fingerprint density at radius 2 is 1.55 bits per heavy atom. The van der Waals surface area contributed by atoms with Gasteiger partial charge in [-0.25, -0.2) is 8.42 Å². The van der Waals surface area contributed by atoms with Crippen molar-refractivity contribution in [3.05, 3.63) is 96.1 Å². The molecule has 0 aliphatic carbocycles. The lowest BCUT2D eigenvalue weighted by Crippen LogP contribution is -2.44. The van der Waals surface area contributed by atoms with Crippen LogP contribution in [0.2, 0.25) is 0 Å². The molecule has 9 nitrogen and oxygen atoms in total. The smallest absolute Gasteiger partial charge is 0.261 e. The number of nitrogens with zero attached hydrogens (tertiary/aromatic N) is 2. The first kappa shape index (κ1) is 27.3. The van der Waals surface area contributed by atoms with Gasteiger partial charge in [0, 0.05) is 26.7 Å². The average molecular weight is 538 g/mol. The summed E-state index contributed by atoms with van der Waals surface area (Å²) in [5.74, 6) is -0.371. The summed E-state index contributed by atoms with van der Waals surface area (Å²) in [5, 5.41) is 2.66. The summed E-state index contributed by atoms with van der Waals surface area (Å²) in [7, 11) is -2.10. The van der Waals surface area contributed by atoms with Crippen LogP contribution in [0.15, 0.2) is 89.8 Å². The van der Waals surface area contributed by atoms with E-state index >= 15 is 0 Å². The second-order valence-electron chi connectivity index (χ2n) is 8.71. The average Bonchev–Trinajstić information content (AvgIpc) is 2.97. The van der Waals surface area contributed by atoms with Crippen molar-refractivity contribution in [2.45, 2.75) is 17.5 Å². The zero-order chi connectivity index (χ0) is 27.0. The SMILES string of the molecule is CNC(=O)[C@H](c1ccccc1)N(Cc1ccccc1)C(=O)COc1ccc(S(=O)(=O)N2CCOCC2)cc1. The molecule has 200 valence electrons. The molecule has 3 aromatic rings. The van der Waals surface area contributed by atoms with Gasteiger partial charge in [0.05, 0.1) is 18.1 Å². The molecule has 38 heavy (non-hydrogen) atoms. The van der Waals surface area contributed by atoms with Gasteiger partial charge in [0.2, 0.25) is 15.9 Å². The molecule has 1 heterocycles. The van der Waals surface area contributed by atoms with Crippen LogP contribution >= 0.6 is 0 Å². The third-order valence-electron chi connectivity index (χ3n) is 6.23. The molecule has 0 unspecified atom stereocenters. The molecule has 0 saturated carbocycles. The normalized spacial score (nSPS) is 14.9. The van der Waals surface area contributed by atoms with Gasteiger partial charge in [-0.05, 0) is 35.4 Å². The molecule has 4 rings (SSSR count). The number of rotatable bonds is 10. The van der Waals surface area contributed by atoms with Crippen molar-refractivity contribution in [1.82, 2.24) is 14.5 Å². The Morgan fingerprint density at radius 3 is 2.16 bits per heavy atom. The second kappa shape index (κ2) is 12.7. The van der Waals surface area contributed by atoms with Gasteiger partial charge < -0.3 is 19.7 Å². The highest BCUT2D eigenvalue weighted by Crippen LogP contribution is 2.25. The van der Waals surface area contributed by atoms with E-state index in [4.69, 9.17) is 9.47 Å². The van der Waals surface area contributed by atoms with Crippen molar-refractivity contribution >= 4 is 21.8 Å². The molecule has 0 radical (unpaired) electrons. The summed E-state index contributed by atoms with van der Waals surface area (Å²) in [6, 6.07) is 23.6. The number of carbonyl (C=O) groups is 2. The molecule has 2 amide bonds. The monoisotopic (exact) mass is 537 g/mol. The van der Waals surface area contributed by atoms with Gasteiger partial charge in [-0.1, -0.05) is 60.7 Å². The maximum absolute atomic E-state index is 13.5. The van der Waals surface area contributed by atoms with Crippen LogP contribution in [0.1, 0.15) is 17.2 Å². The topological polar surface area (TPSA) is 105 Å². The molecule has 1 saturated heterocycles. The molecule has 0 bridgehead atoms. The molecule has 3 aromatic carbocycles. The van der Waals surface area contributed by atoms with Crippen LogP contribution < -0.4 is 10.1 Å². The lowest BCUT2D eigenvalue weighted by atomic mass is 10.0. The molecule has 10 heteroatoms. The number of likely N-dealkylation sites (N-methyl/N-ethyl adjacent to an activating group) is 1. The van der Waals surface area contributed by atoms with Crippen LogP contribution in [-0.2, 0) is 30.9 Å². The number of amides is 2. The minimum atomic E-state index is -3.63. The molecule has 1 aliphatic heterocycles. The van der Waals surface area contributed by atoms with Crippen molar-refractivity contribution in [2.75, 3.05) is 40.0 Å². The van der Waals surface area contributed by atoms with Crippen molar-refractivity contribution in [2.24, 2.45) is 0 Å². The van der Waals surface area contributed by atoms with Gasteiger partial charge in [0.15, 0.2) is 6.61 Å². The fourth-order valence-corrected chi connectivity index (χ4v) is 5.63. The summed E-state index contributed by atoms with van der Waals surface area (Å²) in [6.07, 6.45) is 0. The molecule has 1 aliphatic rings. The lowest BCUT2D eigenvalue weighted by Gasteiger charge is -2.31. The molecular formula is C28H31N3O6S. The van der Waals surface area contributed by atoms with E-state index < -0.39 is 22.0 Å². The highest BCUT2D eigenvalue weighted by Gasteiger charge is 2.31. The Morgan fingerprint density at radius 1 is 0.947 bits per heavy atom. The third kappa shape index (κ3) is 6.58. The van der Waals surface area contributed by atoms with E-state index in [0.29, 0.717) is 37.6 Å². The highest BCUT2D eigenvalue weighted by atomic mass is 32.2. The fourth-order valence-electron chi connectivity index (χ4n) is 4.22. The maximum atomic E-state index is 13.5. The zero-order valence-corrected chi connectivity index (χ0v) is 22.0. The maximum Gasteiger partial charge on any atom is 0.261 e. The standard InChI is InChI=1S/C28H31N3O6S/c1-29-28(33)27(23-10-6-3-7-11-23)31(20-22-8-4-2-5-9-22)26(32)21-37-24-12-14-25(15-13-24)38(34,35)30-16-18-36-19-17-30/h2-15,27H,16-21H2,1H3,(H,29,33)/t27-/m0/s1. The Bertz CT molecular complexity index is 1310. The third-order valence-corrected chi connectivity index (χ3v) is 8.14. The number of morpholine rings is 1. The molecule has 0 spiro atoms. The van der Waals surface area contributed by atoms with Gasteiger partial charge in [-0.2, -0.15) is 4.31 Å². The number of nitrogens with one attached hydrogen (secondary N) is 1. The quantitative estimate of drug-likeness (QED) is 0.426. The predicted octanol–water partition coefficient (Wildman–Crippen LogP) is 2.60. The highest BCUT2D eigenvalue weighted by molar-refractivity contribution is 7.89. The van der Waals surface area contributed by atoms with E-state index in [1.165, 1.54) is 40.5 Å². The van der Waals surface area contributed by atoms with E-state index in [-0.39, 0.29) is 24.0 Å². The van der Waals surface area contributed by atoms with Gasteiger partial charge >= 0.3 is 0 Å². The summed E-state index contributed by atoms with van der Waals surface area (Å²) in [6.45, 7) is 1.21. The summed E-state index contributed by atoms with van der Waals surface area (Å²) in [5.41, 5.74) is 1.54. The number of sulfonamides is 1. The van der Waals surface area contributed by atoms with Crippen LogP contribution in [0.25, 0.3) is 0 Å². The minimum absolute atomic E-state index is 0.146. The van der Waals surface area contributed by atoms with Crippen molar-refractivity contribution < 1.29 is 27.5 Å². The van der Waals surface area contributed by atoms with Crippen LogP contribution in [-0.4, -0.2) is 69.4 Å². The molecular weight excluding hydrogens is 506 g/mol. The predicted molar refractivity (Wildman–Crippen MR) is 142 cm³/mol. The van der Waals surface area contributed by atoms with E-state index in [1.54, 1.807) is 12.1 Å².